The SMILES string of the molecule is CC1(NCc2ccc(Br)c(N)c2)CCCCC1. The van der Waals surface area contributed by atoms with Gasteiger partial charge in [-0.05, 0) is 53.4 Å². The van der Waals surface area contributed by atoms with Crippen molar-refractivity contribution in [2.24, 2.45) is 0 Å². The Labute approximate surface area is 112 Å². The molecular weight excluding hydrogens is 276 g/mol. The highest BCUT2D eigenvalue weighted by molar-refractivity contribution is 9.10. The highest BCUT2D eigenvalue weighted by Crippen LogP contribution is 2.28. The minimum Gasteiger partial charge on any atom is -0.398 e. The average Bonchev–Trinajstić information content (AvgIpc) is 2.32. The Kier molecular flexibility index (Phi) is 4.10. The van der Waals surface area contributed by atoms with Crippen LogP contribution in [0.25, 0.3) is 0 Å². The van der Waals surface area contributed by atoms with Crippen molar-refractivity contribution in [1.29, 1.82) is 0 Å². The summed E-state index contributed by atoms with van der Waals surface area (Å²) in [7, 11) is 0. The zero-order valence-corrected chi connectivity index (χ0v) is 12.0. The molecule has 2 nitrogen and oxygen atoms in total. The van der Waals surface area contributed by atoms with Gasteiger partial charge in [-0.25, -0.2) is 0 Å². The second-order valence-electron chi connectivity index (χ2n) is 5.33. The number of nitrogen functional groups attached to an aromatic ring is 1. The van der Waals surface area contributed by atoms with Crippen LogP contribution in [-0.2, 0) is 6.54 Å². The van der Waals surface area contributed by atoms with Crippen molar-refractivity contribution in [3.8, 4) is 0 Å². The molecule has 0 heterocycles. The Morgan fingerprint density at radius 2 is 2.00 bits per heavy atom. The van der Waals surface area contributed by atoms with E-state index in [1.165, 1.54) is 37.7 Å². The molecule has 3 heteroatoms. The van der Waals surface area contributed by atoms with Crippen LogP contribution in [-0.4, -0.2) is 5.54 Å². The number of halogens is 1. The summed E-state index contributed by atoms with van der Waals surface area (Å²) >= 11 is 3.42. The molecule has 0 atom stereocenters. The first-order valence-corrected chi connectivity index (χ1v) is 7.17. The van der Waals surface area contributed by atoms with Gasteiger partial charge in [0, 0.05) is 22.2 Å². The predicted octanol–water partition coefficient (Wildman–Crippen LogP) is 3.84. The van der Waals surface area contributed by atoms with E-state index in [2.05, 4.69) is 34.2 Å². The van der Waals surface area contributed by atoms with E-state index in [4.69, 9.17) is 5.73 Å². The molecule has 1 fully saturated rings. The van der Waals surface area contributed by atoms with E-state index < -0.39 is 0 Å². The first kappa shape index (κ1) is 12.9. The Morgan fingerprint density at radius 3 is 2.65 bits per heavy atom. The van der Waals surface area contributed by atoms with Crippen molar-refractivity contribution in [1.82, 2.24) is 5.32 Å². The van der Waals surface area contributed by atoms with Crippen molar-refractivity contribution in [2.75, 3.05) is 5.73 Å². The van der Waals surface area contributed by atoms with E-state index in [0.29, 0.717) is 5.54 Å². The second-order valence-corrected chi connectivity index (χ2v) is 6.19. The Bertz CT molecular complexity index is 384. The molecule has 0 aromatic heterocycles. The number of rotatable bonds is 3. The van der Waals surface area contributed by atoms with Gasteiger partial charge in [-0.2, -0.15) is 0 Å². The van der Waals surface area contributed by atoms with E-state index in [9.17, 15) is 0 Å². The highest BCUT2D eigenvalue weighted by atomic mass is 79.9. The molecule has 2 rings (SSSR count). The van der Waals surface area contributed by atoms with Gasteiger partial charge in [0.1, 0.15) is 0 Å². The molecule has 0 radical (unpaired) electrons. The van der Waals surface area contributed by atoms with Crippen molar-refractivity contribution in [2.45, 2.75) is 51.1 Å². The molecule has 1 aromatic carbocycles. The molecule has 1 aliphatic carbocycles. The smallest absolute Gasteiger partial charge is 0.0461 e. The quantitative estimate of drug-likeness (QED) is 0.832. The minimum atomic E-state index is 0.320. The fourth-order valence-electron chi connectivity index (χ4n) is 2.53. The Morgan fingerprint density at radius 1 is 1.29 bits per heavy atom. The second kappa shape index (κ2) is 5.40. The van der Waals surface area contributed by atoms with Crippen LogP contribution < -0.4 is 11.1 Å². The van der Waals surface area contributed by atoms with Gasteiger partial charge >= 0.3 is 0 Å². The molecule has 1 aliphatic rings. The lowest BCUT2D eigenvalue weighted by atomic mass is 9.83. The van der Waals surface area contributed by atoms with E-state index in [0.717, 1.165) is 16.7 Å². The number of benzene rings is 1. The van der Waals surface area contributed by atoms with Crippen molar-refractivity contribution in [3.63, 3.8) is 0 Å². The van der Waals surface area contributed by atoms with E-state index in [1.807, 2.05) is 12.1 Å². The Hall–Kier alpha value is -0.540. The van der Waals surface area contributed by atoms with E-state index in [1.54, 1.807) is 0 Å². The largest absolute Gasteiger partial charge is 0.398 e. The number of hydrogen-bond acceptors (Lipinski definition) is 2. The fourth-order valence-corrected chi connectivity index (χ4v) is 2.77. The summed E-state index contributed by atoms with van der Waals surface area (Å²) in [5, 5.41) is 3.69. The van der Waals surface area contributed by atoms with Gasteiger partial charge in [0.15, 0.2) is 0 Å². The van der Waals surface area contributed by atoms with Crippen LogP contribution in [0.4, 0.5) is 5.69 Å². The summed E-state index contributed by atoms with van der Waals surface area (Å²) in [4.78, 5) is 0. The third-order valence-electron chi connectivity index (χ3n) is 3.74. The van der Waals surface area contributed by atoms with Crippen LogP contribution in [0.5, 0.6) is 0 Å². The van der Waals surface area contributed by atoms with Crippen LogP contribution in [0.15, 0.2) is 22.7 Å². The lowest BCUT2D eigenvalue weighted by molar-refractivity contribution is 0.252. The summed E-state index contributed by atoms with van der Waals surface area (Å²) in [5.41, 5.74) is 8.29. The third kappa shape index (κ3) is 3.46. The molecule has 0 aliphatic heterocycles. The van der Waals surface area contributed by atoms with Gasteiger partial charge in [0.25, 0.3) is 0 Å². The van der Waals surface area contributed by atoms with Crippen LogP contribution in [0.3, 0.4) is 0 Å². The minimum absolute atomic E-state index is 0.320. The number of nitrogens with two attached hydrogens (primary N) is 1. The predicted molar refractivity (Wildman–Crippen MR) is 76.9 cm³/mol. The molecule has 17 heavy (non-hydrogen) atoms. The molecule has 0 amide bonds. The van der Waals surface area contributed by atoms with E-state index >= 15 is 0 Å². The van der Waals surface area contributed by atoms with Crippen molar-refractivity contribution >= 4 is 21.6 Å². The summed E-state index contributed by atoms with van der Waals surface area (Å²) < 4.78 is 0.977. The van der Waals surface area contributed by atoms with Crippen molar-refractivity contribution < 1.29 is 0 Å². The van der Waals surface area contributed by atoms with Crippen LogP contribution in [0.1, 0.15) is 44.6 Å². The maximum Gasteiger partial charge on any atom is 0.0461 e. The molecule has 1 saturated carbocycles. The van der Waals surface area contributed by atoms with Gasteiger partial charge in [0.05, 0.1) is 0 Å². The molecule has 3 N–H and O–H groups in total. The Balaban J connectivity index is 1.94. The zero-order valence-electron chi connectivity index (χ0n) is 10.4. The lowest BCUT2D eigenvalue weighted by Gasteiger charge is -2.35. The summed E-state index contributed by atoms with van der Waals surface area (Å²) in [6, 6.07) is 6.19. The molecule has 0 unspecified atom stereocenters. The first-order chi connectivity index (χ1) is 8.09. The molecular formula is C14H21BrN2. The molecule has 1 aromatic rings. The summed E-state index contributed by atoms with van der Waals surface area (Å²) in [6.07, 6.45) is 6.68. The zero-order chi connectivity index (χ0) is 12.3. The average molecular weight is 297 g/mol. The molecule has 0 spiro atoms. The number of hydrogen-bond donors (Lipinski definition) is 2. The van der Waals surface area contributed by atoms with E-state index in [-0.39, 0.29) is 0 Å². The standard InChI is InChI=1S/C14H21BrN2/c1-14(7-3-2-4-8-14)17-10-11-5-6-12(15)13(16)9-11/h5-6,9,17H,2-4,7-8,10,16H2,1H3. The number of anilines is 1. The first-order valence-electron chi connectivity index (χ1n) is 6.38. The van der Waals surface area contributed by atoms with Gasteiger partial charge in [-0.15, -0.1) is 0 Å². The maximum absolute atomic E-state index is 5.89. The van der Waals surface area contributed by atoms with Crippen LogP contribution in [0, 0.1) is 0 Å². The third-order valence-corrected chi connectivity index (χ3v) is 4.46. The van der Waals surface area contributed by atoms with Crippen molar-refractivity contribution in [3.05, 3.63) is 28.2 Å². The fraction of sp³-hybridized carbons (Fsp3) is 0.571. The topological polar surface area (TPSA) is 38.0 Å². The normalized spacial score (nSPS) is 19.2. The van der Waals surface area contributed by atoms with Gasteiger partial charge in [0.2, 0.25) is 0 Å². The lowest BCUT2D eigenvalue weighted by Crippen LogP contribution is -2.43. The monoisotopic (exact) mass is 296 g/mol. The molecule has 94 valence electrons. The number of nitrogens with one attached hydrogen (secondary N) is 1. The van der Waals surface area contributed by atoms with Gasteiger partial charge in [-0.1, -0.05) is 25.3 Å². The maximum atomic E-state index is 5.89. The molecule has 0 bridgehead atoms. The molecule has 0 saturated heterocycles. The van der Waals surface area contributed by atoms with Gasteiger partial charge in [-0.3, -0.25) is 0 Å². The van der Waals surface area contributed by atoms with Crippen LogP contribution in [0.2, 0.25) is 0 Å². The summed E-state index contributed by atoms with van der Waals surface area (Å²) in [6.45, 7) is 3.25. The van der Waals surface area contributed by atoms with Crippen LogP contribution >= 0.6 is 15.9 Å². The van der Waals surface area contributed by atoms with Gasteiger partial charge < -0.3 is 11.1 Å². The summed E-state index contributed by atoms with van der Waals surface area (Å²) in [5.74, 6) is 0. The highest BCUT2D eigenvalue weighted by Gasteiger charge is 2.25.